The van der Waals surface area contributed by atoms with Gasteiger partial charge in [-0.05, 0) is 25.0 Å². The molecule has 28 heavy (non-hydrogen) atoms. The predicted octanol–water partition coefficient (Wildman–Crippen LogP) is 1.32. The van der Waals surface area contributed by atoms with Crippen molar-refractivity contribution in [2.75, 3.05) is 52.5 Å². The first-order valence-corrected chi connectivity index (χ1v) is 11.5. The van der Waals surface area contributed by atoms with Crippen LogP contribution >= 0.6 is 0 Å². The molecule has 0 unspecified atom stereocenters. The Bertz CT molecular complexity index is 776. The highest BCUT2D eigenvalue weighted by atomic mass is 32.2. The van der Waals surface area contributed by atoms with Crippen LogP contribution in [0.5, 0.6) is 0 Å². The molecule has 0 radical (unpaired) electrons. The number of carbonyl (C=O) groups excluding carboxylic acids is 1. The summed E-state index contributed by atoms with van der Waals surface area (Å²) in [6.45, 7) is 7.69. The van der Waals surface area contributed by atoms with Gasteiger partial charge < -0.3 is 9.64 Å². The minimum atomic E-state index is -3.49. The molecule has 2 saturated heterocycles. The van der Waals surface area contributed by atoms with Crippen LogP contribution in [0, 0.1) is 0 Å². The molecule has 2 aliphatic heterocycles. The normalized spacial score (nSPS) is 21.8. The molecule has 1 aromatic rings. The largest absolute Gasteiger partial charge is 0.378 e. The Morgan fingerprint density at radius 2 is 1.96 bits per heavy atom. The number of piperidine rings is 1. The van der Waals surface area contributed by atoms with Gasteiger partial charge in [-0.3, -0.25) is 9.78 Å². The fourth-order valence-corrected chi connectivity index (χ4v) is 5.66. The fourth-order valence-electron chi connectivity index (χ4n) is 3.95. The van der Waals surface area contributed by atoms with Gasteiger partial charge in [0.05, 0.1) is 24.5 Å². The average molecular weight is 411 g/mol. The van der Waals surface area contributed by atoms with E-state index in [1.807, 2.05) is 13.8 Å². The number of hydrogen-bond donors (Lipinski definition) is 0. The lowest BCUT2D eigenvalue weighted by Crippen LogP contribution is -2.47. The summed E-state index contributed by atoms with van der Waals surface area (Å²) >= 11 is 0. The molecule has 0 spiro atoms. The van der Waals surface area contributed by atoms with Crippen molar-refractivity contribution in [2.24, 2.45) is 0 Å². The summed E-state index contributed by atoms with van der Waals surface area (Å²) in [6.07, 6.45) is 3.26. The SMILES string of the molecule is CCN(CC)S(=O)(=O)N1CCC[C@H](c2ncccc2C(=O)N2CCOCC2)C1. The van der Waals surface area contributed by atoms with Gasteiger partial charge in [-0.15, -0.1) is 0 Å². The molecule has 8 nitrogen and oxygen atoms in total. The van der Waals surface area contributed by atoms with Gasteiger partial charge >= 0.3 is 0 Å². The summed E-state index contributed by atoms with van der Waals surface area (Å²) in [5, 5.41) is 0. The van der Waals surface area contributed by atoms with E-state index >= 15 is 0 Å². The summed E-state index contributed by atoms with van der Waals surface area (Å²) in [7, 11) is -3.49. The topological polar surface area (TPSA) is 83.1 Å². The van der Waals surface area contributed by atoms with Crippen molar-refractivity contribution in [3.63, 3.8) is 0 Å². The number of nitrogens with zero attached hydrogens (tertiary/aromatic N) is 4. The Hall–Kier alpha value is -1.55. The van der Waals surface area contributed by atoms with E-state index in [0.29, 0.717) is 63.7 Å². The number of aromatic nitrogens is 1. The smallest absolute Gasteiger partial charge is 0.281 e. The van der Waals surface area contributed by atoms with Crippen LogP contribution in [0.25, 0.3) is 0 Å². The number of carbonyl (C=O) groups is 1. The molecular formula is C19H30N4O4S. The molecular weight excluding hydrogens is 380 g/mol. The molecule has 2 aliphatic rings. The second-order valence-corrected chi connectivity index (χ2v) is 9.06. The highest BCUT2D eigenvalue weighted by Gasteiger charge is 2.35. The first kappa shape index (κ1) is 21.2. The van der Waals surface area contributed by atoms with E-state index in [-0.39, 0.29) is 11.8 Å². The number of hydrogen-bond acceptors (Lipinski definition) is 5. The van der Waals surface area contributed by atoms with Gasteiger partial charge in [0.25, 0.3) is 16.1 Å². The Morgan fingerprint density at radius 1 is 1.25 bits per heavy atom. The minimum Gasteiger partial charge on any atom is -0.378 e. The molecule has 0 bridgehead atoms. The van der Waals surface area contributed by atoms with Crippen LogP contribution < -0.4 is 0 Å². The minimum absolute atomic E-state index is 0.0462. The maximum atomic E-state index is 13.0. The maximum absolute atomic E-state index is 13.0. The number of pyridine rings is 1. The van der Waals surface area contributed by atoms with Crippen LogP contribution in [0.4, 0.5) is 0 Å². The van der Waals surface area contributed by atoms with E-state index in [0.717, 1.165) is 12.8 Å². The molecule has 0 aromatic carbocycles. The zero-order valence-electron chi connectivity index (χ0n) is 16.7. The quantitative estimate of drug-likeness (QED) is 0.706. The van der Waals surface area contributed by atoms with Crippen LogP contribution in [-0.4, -0.2) is 85.3 Å². The zero-order chi connectivity index (χ0) is 20.1. The molecule has 1 atom stereocenters. The standard InChI is InChI=1S/C19H30N4O4S/c1-3-22(4-2)28(25,26)23-10-6-7-16(15-23)18-17(8-5-9-20-18)19(24)21-11-13-27-14-12-21/h5,8-9,16H,3-4,6-7,10-15H2,1-2H3/t16-/m0/s1. The predicted molar refractivity (Wildman–Crippen MR) is 106 cm³/mol. The summed E-state index contributed by atoms with van der Waals surface area (Å²) in [4.78, 5) is 19.3. The van der Waals surface area contributed by atoms with Crippen molar-refractivity contribution in [2.45, 2.75) is 32.6 Å². The Labute approximate surface area is 167 Å². The second kappa shape index (κ2) is 9.30. The Balaban J connectivity index is 1.83. The molecule has 3 heterocycles. The monoisotopic (exact) mass is 410 g/mol. The van der Waals surface area contributed by atoms with Crippen LogP contribution in [0.15, 0.2) is 18.3 Å². The van der Waals surface area contributed by atoms with E-state index < -0.39 is 10.2 Å². The van der Waals surface area contributed by atoms with Gasteiger partial charge in [0.15, 0.2) is 0 Å². The lowest BCUT2D eigenvalue weighted by atomic mass is 9.92. The highest BCUT2D eigenvalue weighted by molar-refractivity contribution is 7.86. The number of amides is 1. The summed E-state index contributed by atoms with van der Waals surface area (Å²) in [5.74, 6) is -0.129. The number of rotatable bonds is 6. The van der Waals surface area contributed by atoms with Crippen molar-refractivity contribution in [1.29, 1.82) is 0 Å². The van der Waals surface area contributed by atoms with Crippen LogP contribution in [0.1, 0.15) is 48.7 Å². The first-order valence-electron chi connectivity index (χ1n) is 10.1. The van der Waals surface area contributed by atoms with Crippen molar-refractivity contribution in [3.05, 3.63) is 29.6 Å². The summed E-state index contributed by atoms with van der Waals surface area (Å²) < 4.78 is 34.2. The van der Waals surface area contributed by atoms with Gasteiger partial charge in [-0.2, -0.15) is 17.0 Å². The van der Waals surface area contributed by atoms with Crippen LogP contribution in [-0.2, 0) is 14.9 Å². The third-order valence-electron chi connectivity index (χ3n) is 5.50. The van der Waals surface area contributed by atoms with Crippen molar-refractivity contribution < 1.29 is 17.9 Å². The maximum Gasteiger partial charge on any atom is 0.281 e. The fraction of sp³-hybridized carbons (Fsp3) is 0.684. The molecule has 1 amide bonds. The Morgan fingerprint density at radius 3 is 2.64 bits per heavy atom. The summed E-state index contributed by atoms with van der Waals surface area (Å²) in [5.41, 5.74) is 1.29. The molecule has 0 N–H and O–H groups in total. The van der Waals surface area contributed by atoms with Crippen LogP contribution in [0.3, 0.4) is 0 Å². The van der Waals surface area contributed by atoms with E-state index in [2.05, 4.69) is 4.98 Å². The van der Waals surface area contributed by atoms with Crippen molar-refractivity contribution >= 4 is 16.1 Å². The van der Waals surface area contributed by atoms with Gasteiger partial charge in [-0.1, -0.05) is 13.8 Å². The second-order valence-electron chi connectivity index (χ2n) is 7.13. The van der Waals surface area contributed by atoms with Gasteiger partial charge in [-0.25, -0.2) is 0 Å². The lowest BCUT2D eigenvalue weighted by molar-refractivity contribution is 0.0301. The average Bonchev–Trinajstić information content (AvgIpc) is 2.74. The van der Waals surface area contributed by atoms with Crippen molar-refractivity contribution in [1.82, 2.24) is 18.5 Å². The van der Waals surface area contributed by atoms with Gasteiger partial charge in [0, 0.05) is 51.4 Å². The van der Waals surface area contributed by atoms with E-state index in [9.17, 15) is 13.2 Å². The number of morpholine rings is 1. The molecule has 0 saturated carbocycles. The summed E-state index contributed by atoms with van der Waals surface area (Å²) in [6, 6.07) is 3.57. The third kappa shape index (κ3) is 4.37. The van der Waals surface area contributed by atoms with E-state index in [1.54, 1.807) is 27.5 Å². The molecule has 156 valence electrons. The molecule has 3 rings (SSSR count). The first-order chi connectivity index (χ1) is 13.5. The zero-order valence-corrected chi connectivity index (χ0v) is 17.5. The number of ether oxygens (including phenoxy) is 1. The van der Waals surface area contributed by atoms with Gasteiger partial charge in [0.2, 0.25) is 0 Å². The Kier molecular flexibility index (Phi) is 7.03. The van der Waals surface area contributed by atoms with Crippen LogP contribution in [0.2, 0.25) is 0 Å². The van der Waals surface area contributed by atoms with Crippen molar-refractivity contribution in [3.8, 4) is 0 Å². The molecule has 0 aliphatic carbocycles. The molecule has 1 aromatic heterocycles. The highest BCUT2D eigenvalue weighted by Crippen LogP contribution is 2.30. The van der Waals surface area contributed by atoms with E-state index in [1.165, 1.54) is 4.31 Å². The molecule has 9 heteroatoms. The lowest BCUT2D eigenvalue weighted by Gasteiger charge is -2.35. The van der Waals surface area contributed by atoms with E-state index in [4.69, 9.17) is 4.74 Å². The van der Waals surface area contributed by atoms with Gasteiger partial charge in [0.1, 0.15) is 0 Å². The molecule has 2 fully saturated rings. The third-order valence-corrected chi connectivity index (χ3v) is 7.65.